The zero-order valence-electron chi connectivity index (χ0n) is 19.3. The van der Waals surface area contributed by atoms with E-state index in [0.29, 0.717) is 60.7 Å². The van der Waals surface area contributed by atoms with E-state index < -0.39 is 0 Å². The fourth-order valence-corrected chi connectivity index (χ4v) is 4.27. The lowest BCUT2D eigenvalue weighted by Gasteiger charge is -2.34. The third-order valence-electron chi connectivity index (χ3n) is 5.57. The first-order valence-corrected chi connectivity index (χ1v) is 11.6. The van der Waals surface area contributed by atoms with E-state index in [0.717, 1.165) is 22.8 Å². The maximum absolute atomic E-state index is 13.0. The van der Waals surface area contributed by atoms with Gasteiger partial charge >= 0.3 is 0 Å². The lowest BCUT2D eigenvalue weighted by Crippen LogP contribution is -2.50. The van der Waals surface area contributed by atoms with Crippen molar-refractivity contribution in [2.24, 2.45) is 0 Å². The van der Waals surface area contributed by atoms with Crippen molar-refractivity contribution in [1.82, 2.24) is 19.2 Å². The molecule has 2 heterocycles. The quantitative estimate of drug-likeness (QED) is 0.510. The number of methoxy groups -OCH3 is 2. The van der Waals surface area contributed by atoms with Crippen molar-refractivity contribution in [2.45, 2.75) is 13.3 Å². The maximum atomic E-state index is 13.0. The molecule has 1 aliphatic heterocycles. The number of benzene rings is 2. The van der Waals surface area contributed by atoms with Crippen LogP contribution in [0.15, 0.2) is 42.5 Å². The van der Waals surface area contributed by atoms with E-state index in [-0.39, 0.29) is 11.8 Å². The molecule has 2 aromatic carbocycles. The summed E-state index contributed by atoms with van der Waals surface area (Å²) in [6.07, 6.45) is 0.541. The van der Waals surface area contributed by atoms with Crippen molar-refractivity contribution in [1.29, 1.82) is 0 Å². The Hall–Kier alpha value is -3.66. The van der Waals surface area contributed by atoms with Gasteiger partial charge < -0.3 is 24.0 Å². The highest BCUT2D eigenvalue weighted by Crippen LogP contribution is 2.34. The van der Waals surface area contributed by atoms with Gasteiger partial charge in [-0.2, -0.15) is 9.36 Å². The first-order valence-electron chi connectivity index (χ1n) is 10.8. The molecule has 10 heteroatoms. The summed E-state index contributed by atoms with van der Waals surface area (Å²) in [6, 6.07) is 12.8. The Balaban J connectivity index is 1.46. The van der Waals surface area contributed by atoms with Crippen LogP contribution >= 0.6 is 11.5 Å². The molecule has 0 spiro atoms. The van der Waals surface area contributed by atoms with Crippen LogP contribution < -0.4 is 14.2 Å². The minimum absolute atomic E-state index is 0.0232. The third-order valence-corrected chi connectivity index (χ3v) is 6.20. The summed E-state index contributed by atoms with van der Waals surface area (Å²) in [5.74, 6) is 2.19. The van der Waals surface area contributed by atoms with Crippen LogP contribution in [-0.2, 0) is 11.2 Å². The number of aromatic nitrogens is 2. The second-order valence-corrected chi connectivity index (χ2v) is 8.49. The Morgan fingerprint density at radius 1 is 0.971 bits per heavy atom. The lowest BCUT2D eigenvalue weighted by molar-refractivity contribution is -0.130. The molecule has 0 radical (unpaired) electrons. The topological polar surface area (TPSA) is 94.1 Å². The molecular formula is C24H26N4O5S. The Bertz CT molecular complexity index is 1170. The van der Waals surface area contributed by atoms with Gasteiger partial charge in [0.1, 0.15) is 5.75 Å². The number of ether oxygens (including phenoxy) is 3. The molecule has 34 heavy (non-hydrogen) atoms. The van der Waals surface area contributed by atoms with Gasteiger partial charge in [0.05, 0.1) is 14.2 Å². The molecule has 178 valence electrons. The fourth-order valence-electron chi connectivity index (χ4n) is 3.71. The maximum Gasteiger partial charge on any atom is 0.298 e. The monoisotopic (exact) mass is 482 g/mol. The molecule has 0 saturated carbocycles. The summed E-state index contributed by atoms with van der Waals surface area (Å²) in [5, 5.41) is 0.357. The molecule has 4 rings (SSSR count). The lowest BCUT2D eigenvalue weighted by atomic mass is 10.1. The number of nitrogens with zero attached hydrogens (tertiary/aromatic N) is 4. The summed E-state index contributed by atoms with van der Waals surface area (Å²) in [7, 11) is 3.17. The third kappa shape index (κ3) is 5.45. The van der Waals surface area contributed by atoms with Crippen molar-refractivity contribution in [3.63, 3.8) is 0 Å². The van der Waals surface area contributed by atoms with Crippen molar-refractivity contribution >= 4 is 23.3 Å². The predicted molar refractivity (Wildman–Crippen MR) is 127 cm³/mol. The molecular weight excluding hydrogens is 456 g/mol. The van der Waals surface area contributed by atoms with Crippen LogP contribution in [0.1, 0.15) is 28.7 Å². The number of carbonyl (C=O) groups excluding carboxylic acids is 2. The van der Waals surface area contributed by atoms with Gasteiger partial charge in [-0.25, -0.2) is 0 Å². The van der Waals surface area contributed by atoms with E-state index in [1.54, 1.807) is 49.1 Å². The number of piperazine rings is 1. The Morgan fingerprint density at radius 3 is 2.44 bits per heavy atom. The van der Waals surface area contributed by atoms with Crippen LogP contribution in [0, 0.1) is 0 Å². The molecule has 1 fully saturated rings. The van der Waals surface area contributed by atoms with Crippen LogP contribution in [0.2, 0.25) is 0 Å². The van der Waals surface area contributed by atoms with E-state index in [4.69, 9.17) is 14.2 Å². The van der Waals surface area contributed by atoms with Gasteiger partial charge in [0.2, 0.25) is 5.91 Å². The Morgan fingerprint density at radius 2 is 1.74 bits per heavy atom. The molecule has 1 aliphatic rings. The van der Waals surface area contributed by atoms with Crippen molar-refractivity contribution in [2.75, 3.05) is 40.4 Å². The Labute approximate surface area is 202 Å². The van der Waals surface area contributed by atoms with Gasteiger partial charge in [0.15, 0.2) is 17.3 Å². The molecule has 1 aromatic heterocycles. The number of hydrogen-bond donors (Lipinski definition) is 0. The minimum Gasteiger partial charge on any atom is -0.497 e. The molecule has 2 amide bonds. The van der Waals surface area contributed by atoms with Crippen molar-refractivity contribution < 1.29 is 23.8 Å². The van der Waals surface area contributed by atoms with Crippen LogP contribution in [-0.4, -0.2) is 71.4 Å². The number of hydrogen-bond acceptors (Lipinski definition) is 8. The number of amides is 2. The smallest absolute Gasteiger partial charge is 0.298 e. The number of rotatable bonds is 7. The summed E-state index contributed by atoms with van der Waals surface area (Å²) in [5.41, 5.74) is 1.51. The molecule has 0 bridgehead atoms. The normalized spacial score (nSPS) is 13.5. The second-order valence-electron chi connectivity index (χ2n) is 7.77. The summed E-state index contributed by atoms with van der Waals surface area (Å²) in [4.78, 5) is 32.5. The van der Waals surface area contributed by atoms with Gasteiger partial charge in [0.25, 0.3) is 11.1 Å². The second kappa shape index (κ2) is 10.5. The van der Waals surface area contributed by atoms with E-state index in [1.807, 2.05) is 24.3 Å². The van der Waals surface area contributed by atoms with E-state index >= 15 is 0 Å². The van der Waals surface area contributed by atoms with Crippen molar-refractivity contribution in [3.8, 4) is 22.4 Å². The molecule has 0 atom stereocenters. The zero-order chi connectivity index (χ0) is 24.1. The van der Waals surface area contributed by atoms with Crippen LogP contribution in [0.5, 0.6) is 22.4 Å². The van der Waals surface area contributed by atoms with Crippen molar-refractivity contribution in [3.05, 3.63) is 59.4 Å². The highest BCUT2D eigenvalue weighted by Gasteiger charge is 2.24. The summed E-state index contributed by atoms with van der Waals surface area (Å²) < 4.78 is 21.0. The van der Waals surface area contributed by atoms with Gasteiger partial charge in [0, 0.05) is 56.6 Å². The summed E-state index contributed by atoms with van der Waals surface area (Å²) in [6.45, 7) is 3.58. The first-order chi connectivity index (χ1) is 16.5. The van der Waals surface area contributed by atoms with E-state index in [2.05, 4.69) is 9.36 Å². The molecule has 0 unspecified atom stereocenters. The zero-order valence-corrected chi connectivity index (χ0v) is 20.1. The SMILES string of the molecule is COc1cccc(Cc2nsc(Oc3cc(C(=O)N4CCN(C(C)=O)CC4)ccc3OC)n2)c1. The van der Waals surface area contributed by atoms with Gasteiger partial charge in [-0.1, -0.05) is 12.1 Å². The molecule has 0 aliphatic carbocycles. The predicted octanol–water partition coefficient (Wildman–Crippen LogP) is 3.24. The molecule has 0 N–H and O–H groups in total. The fraction of sp³-hybridized carbons (Fsp3) is 0.333. The molecule has 1 saturated heterocycles. The minimum atomic E-state index is -0.119. The summed E-state index contributed by atoms with van der Waals surface area (Å²) >= 11 is 1.14. The highest BCUT2D eigenvalue weighted by molar-refractivity contribution is 7.07. The van der Waals surface area contributed by atoms with E-state index in [9.17, 15) is 9.59 Å². The average Bonchev–Trinajstić information content (AvgIpc) is 3.30. The largest absolute Gasteiger partial charge is 0.497 e. The van der Waals surface area contributed by atoms with Gasteiger partial charge in [-0.05, 0) is 35.9 Å². The van der Waals surface area contributed by atoms with E-state index in [1.165, 1.54) is 0 Å². The van der Waals surface area contributed by atoms with Crippen LogP contribution in [0.4, 0.5) is 0 Å². The molecule has 9 nitrogen and oxygen atoms in total. The average molecular weight is 483 g/mol. The van der Waals surface area contributed by atoms with Crippen LogP contribution in [0.25, 0.3) is 0 Å². The highest BCUT2D eigenvalue weighted by atomic mass is 32.1. The molecule has 3 aromatic rings. The standard InChI is InChI=1S/C24H26N4O5S/c1-16(29)27-9-11-28(12-10-27)23(30)18-7-8-20(32-3)21(15-18)33-24-25-22(26-34-24)14-17-5-4-6-19(13-17)31-2/h4-8,13,15H,9-12,14H2,1-3H3. The number of carbonyl (C=O) groups is 2. The van der Waals surface area contributed by atoms with Gasteiger partial charge in [-0.15, -0.1) is 0 Å². The van der Waals surface area contributed by atoms with Crippen LogP contribution in [0.3, 0.4) is 0 Å². The Kier molecular flexibility index (Phi) is 7.27. The van der Waals surface area contributed by atoms with Gasteiger partial charge in [-0.3, -0.25) is 9.59 Å². The first kappa shape index (κ1) is 23.5.